The van der Waals surface area contributed by atoms with Gasteiger partial charge in [-0.15, -0.1) is 0 Å². The highest BCUT2D eigenvalue weighted by Crippen LogP contribution is 2.42. The van der Waals surface area contributed by atoms with Crippen LogP contribution in [0.25, 0.3) is 0 Å². The second kappa shape index (κ2) is 11.4. The number of rotatable bonds is 11. The van der Waals surface area contributed by atoms with Crippen molar-refractivity contribution in [3.63, 3.8) is 0 Å². The number of allylic oxidation sites excluding steroid dienone is 1. The standard InChI is InChI=1S/C22H31N3O7/c1-6-7-8-9-10-32-20-15(25(28)29)11-14(12-16(20)30-4)19-17(21(26)31-5)18(13(2)3)23-22(27)24-19/h11-13,19H,6-10H2,1-5H3,(H2,23,24,27). The Morgan fingerprint density at radius 1 is 1.22 bits per heavy atom. The minimum atomic E-state index is -0.959. The van der Waals surface area contributed by atoms with Crippen LogP contribution in [0.1, 0.15) is 58.1 Å². The van der Waals surface area contributed by atoms with Crippen LogP contribution in [0.3, 0.4) is 0 Å². The molecule has 2 rings (SSSR count). The van der Waals surface area contributed by atoms with Crippen LogP contribution >= 0.6 is 0 Å². The summed E-state index contributed by atoms with van der Waals surface area (Å²) in [5.41, 5.74) is 0.563. The van der Waals surface area contributed by atoms with Crippen LogP contribution in [0.15, 0.2) is 23.4 Å². The summed E-state index contributed by atoms with van der Waals surface area (Å²) in [7, 11) is 2.61. The molecule has 1 aromatic rings. The van der Waals surface area contributed by atoms with E-state index < -0.39 is 23.0 Å². The average molecular weight is 450 g/mol. The maximum atomic E-state index is 12.6. The molecule has 0 bridgehead atoms. The molecular formula is C22H31N3O7. The van der Waals surface area contributed by atoms with Gasteiger partial charge in [0.2, 0.25) is 5.75 Å². The highest BCUT2D eigenvalue weighted by Gasteiger charge is 2.36. The summed E-state index contributed by atoms with van der Waals surface area (Å²) in [6.45, 7) is 6.04. The Kier molecular flexibility index (Phi) is 8.86. The van der Waals surface area contributed by atoms with E-state index in [1.165, 1.54) is 26.4 Å². The smallest absolute Gasteiger partial charge is 0.337 e. The number of ether oxygens (including phenoxy) is 3. The van der Waals surface area contributed by atoms with Crippen LogP contribution in [0.4, 0.5) is 10.5 Å². The third kappa shape index (κ3) is 5.68. The fourth-order valence-electron chi connectivity index (χ4n) is 3.54. The lowest BCUT2D eigenvalue weighted by Crippen LogP contribution is -2.47. The van der Waals surface area contributed by atoms with Crippen molar-refractivity contribution in [2.75, 3.05) is 20.8 Å². The number of amides is 2. The summed E-state index contributed by atoms with van der Waals surface area (Å²) in [6.07, 6.45) is 3.83. The van der Waals surface area contributed by atoms with Crippen LogP contribution in [0.2, 0.25) is 0 Å². The van der Waals surface area contributed by atoms with E-state index in [2.05, 4.69) is 17.6 Å². The van der Waals surface area contributed by atoms with Gasteiger partial charge in [0, 0.05) is 11.8 Å². The molecule has 2 amide bonds. The zero-order valence-corrected chi connectivity index (χ0v) is 19.1. The van der Waals surface area contributed by atoms with Gasteiger partial charge in [-0.1, -0.05) is 40.0 Å². The van der Waals surface area contributed by atoms with E-state index in [4.69, 9.17) is 14.2 Å². The molecule has 2 N–H and O–H groups in total. The SMILES string of the molecule is CCCCCCOc1c(OC)cc(C2NC(=O)NC(C(C)C)=C2C(=O)OC)cc1[N+](=O)[O-]. The Morgan fingerprint density at radius 2 is 1.94 bits per heavy atom. The number of unbranched alkanes of at least 4 members (excludes halogenated alkanes) is 3. The number of methoxy groups -OCH3 is 2. The molecule has 0 spiro atoms. The quantitative estimate of drug-likeness (QED) is 0.226. The first-order chi connectivity index (χ1) is 15.2. The van der Waals surface area contributed by atoms with Gasteiger partial charge >= 0.3 is 17.7 Å². The molecule has 1 aliphatic rings. The molecule has 0 saturated heterocycles. The number of urea groups is 1. The largest absolute Gasteiger partial charge is 0.493 e. The maximum absolute atomic E-state index is 12.6. The van der Waals surface area contributed by atoms with E-state index in [9.17, 15) is 19.7 Å². The minimum Gasteiger partial charge on any atom is -0.493 e. The predicted molar refractivity (Wildman–Crippen MR) is 118 cm³/mol. The third-order valence-corrected chi connectivity index (χ3v) is 5.14. The second-order valence-corrected chi connectivity index (χ2v) is 7.74. The number of nitrogens with one attached hydrogen (secondary N) is 2. The number of carbonyl (C=O) groups is 2. The van der Waals surface area contributed by atoms with Crippen LogP contribution < -0.4 is 20.1 Å². The summed E-state index contributed by atoms with van der Waals surface area (Å²) in [5.74, 6) is -0.678. The van der Waals surface area contributed by atoms with Gasteiger partial charge in [-0.25, -0.2) is 9.59 Å². The monoisotopic (exact) mass is 449 g/mol. The Hall–Kier alpha value is -3.30. The lowest BCUT2D eigenvalue weighted by Gasteiger charge is -2.31. The third-order valence-electron chi connectivity index (χ3n) is 5.14. The molecule has 1 heterocycles. The van der Waals surface area contributed by atoms with Crippen molar-refractivity contribution in [3.8, 4) is 11.5 Å². The van der Waals surface area contributed by atoms with E-state index in [-0.39, 0.29) is 28.7 Å². The highest BCUT2D eigenvalue weighted by atomic mass is 16.6. The zero-order valence-electron chi connectivity index (χ0n) is 19.1. The molecule has 1 unspecified atom stereocenters. The van der Waals surface area contributed by atoms with Gasteiger partial charge in [-0.3, -0.25) is 10.1 Å². The number of nitrogens with zero attached hydrogens (tertiary/aromatic N) is 1. The second-order valence-electron chi connectivity index (χ2n) is 7.74. The molecule has 1 aliphatic heterocycles. The molecule has 0 aromatic heterocycles. The van der Waals surface area contributed by atoms with Crippen molar-refractivity contribution < 1.29 is 28.7 Å². The Labute approximate surface area is 187 Å². The van der Waals surface area contributed by atoms with Gasteiger partial charge in [0.1, 0.15) is 0 Å². The first kappa shape index (κ1) is 25.0. The van der Waals surface area contributed by atoms with Crippen molar-refractivity contribution in [3.05, 3.63) is 39.1 Å². The van der Waals surface area contributed by atoms with E-state index >= 15 is 0 Å². The van der Waals surface area contributed by atoms with E-state index in [0.29, 0.717) is 17.9 Å². The van der Waals surface area contributed by atoms with Crippen molar-refractivity contribution in [1.29, 1.82) is 0 Å². The van der Waals surface area contributed by atoms with Gasteiger partial charge in [0.05, 0.1) is 37.4 Å². The molecule has 1 atom stereocenters. The average Bonchev–Trinajstić information content (AvgIpc) is 2.77. The minimum absolute atomic E-state index is 0.0192. The number of benzene rings is 1. The number of esters is 1. The number of hydrogen-bond donors (Lipinski definition) is 2. The van der Waals surface area contributed by atoms with Gasteiger partial charge in [-0.2, -0.15) is 0 Å². The molecule has 0 saturated carbocycles. The molecule has 1 aromatic carbocycles. The topological polar surface area (TPSA) is 129 Å². The van der Waals surface area contributed by atoms with Crippen molar-refractivity contribution in [2.24, 2.45) is 5.92 Å². The van der Waals surface area contributed by atoms with Gasteiger partial charge in [0.25, 0.3) is 0 Å². The van der Waals surface area contributed by atoms with Crippen LogP contribution in [-0.2, 0) is 9.53 Å². The van der Waals surface area contributed by atoms with Crippen LogP contribution in [-0.4, -0.2) is 37.8 Å². The highest BCUT2D eigenvalue weighted by molar-refractivity contribution is 5.95. The predicted octanol–water partition coefficient (Wildman–Crippen LogP) is 4.00. The van der Waals surface area contributed by atoms with E-state index in [0.717, 1.165) is 25.7 Å². The van der Waals surface area contributed by atoms with Crippen molar-refractivity contribution in [1.82, 2.24) is 10.6 Å². The zero-order chi connectivity index (χ0) is 23.8. The molecule has 0 fully saturated rings. The first-order valence-corrected chi connectivity index (χ1v) is 10.6. The van der Waals surface area contributed by atoms with Gasteiger partial charge < -0.3 is 24.8 Å². The summed E-state index contributed by atoms with van der Waals surface area (Å²) in [5, 5.41) is 17.1. The lowest BCUT2D eigenvalue weighted by molar-refractivity contribution is -0.386. The number of nitro benzene ring substituents is 1. The number of hydrogen-bond acceptors (Lipinski definition) is 7. The summed E-state index contributed by atoms with van der Waals surface area (Å²) in [4.78, 5) is 36.1. The molecule has 176 valence electrons. The van der Waals surface area contributed by atoms with E-state index in [1.807, 2.05) is 13.8 Å². The summed E-state index contributed by atoms with van der Waals surface area (Å²) in [6, 6.07) is 1.34. The Bertz CT molecular complexity index is 896. The fourth-order valence-corrected chi connectivity index (χ4v) is 3.54. The maximum Gasteiger partial charge on any atom is 0.337 e. The Morgan fingerprint density at radius 3 is 2.50 bits per heavy atom. The normalized spacial score (nSPS) is 15.8. The van der Waals surface area contributed by atoms with Gasteiger partial charge in [-0.05, 0) is 24.0 Å². The van der Waals surface area contributed by atoms with Crippen molar-refractivity contribution in [2.45, 2.75) is 52.5 Å². The number of carbonyl (C=O) groups excluding carboxylic acids is 2. The van der Waals surface area contributed by atoms with E-state index in [1.54, 1.807) is 0 Å². The summed E-state index contributed by atoms with van der Waals surface area (Å²) < 4.78 is 16.0. The van der Waals surface area contributed by atoms with Crippen molar-refractivity contribution >= 4 is 17.7 Å². The van der Waals surface area contributed by atoms with Gasteiger partial charge in [0.15, 0.2) is 5.75 Å². The summed E-state index contributed by atoms with van der Waals surface area (Å²) >= 11 is 0. The molecule has 0 radical (unpaired) electrons. The van der Waals surface area contributed by atoms with Crippen LogP contribution in [0, 0.1) is 16.0 Å². The van der Waals surface area contributed by atoms with Crippen LogP contribution in [0.5, 0.6) is 11.5 Å². The lowest BCUT2D eigenvalue weighted by atomic mass is 9.91. The molecule has 10 heteroatoms. The Balaban J connectivity index is 2.55. The first-order valence-electron chi connectivity index (χ1n) is 10.6. The fraction of sp³-hybridized carbons (Fsp3) is 0.545. The molecular weight excluding hydrogens is 418 g/mol. The molecule has 10 nitrogen and oxygen atoms in total. The number of nitro groups is 1. The molecule has 32 heavy (non-hydrogen) atoms. The molecule has 0 aliphatic carbocycles.